The van der Waals surface area contributed by atoms with Crippen molar-refractivity contribution in [3.05, 3.63) is 18.2 Å². The number of nitrogens with zero attached hydrogens (tertiary/aromatic N) is 3. The first-order valence-electron chi connectivity index (χ1n) is 3.97. The van der Waals surface area contributed by atoms with E-state index >= 15 is 0 Å². The first-order valence-corrected chi connectivity index (χ1v) is 3.97. The standard InChI is InChI=1S/C8H12N4/c1-8(2,3)6-10-7-9-4-5-12(7)11-6/h4-5H,1-3H3,(H,9,10,11). The Morgan fingerprint density at radius 3 is 2.75 bits per heavy atom. The van der Waals surface area contributed by atoms with Crippen molar-refractivity contribution in [2.75, 3.05) is 0 Å². The lowest BCUT2D eigenvalue weighted by Crippen LogP contribution is -2.13. The van der Waals surface area contributed by atoms with E-state index in [4.69, 9.17) is 0 Å². The second-order valence-corrected chi connectivity index (χ2v) is 3.92. The number of imidazole rings is 1. The third-order valence-corrected chi connectivity index (χ3v) is 1.77. The second-order valence-electron chi connectivity index (χ2n) is 3.92. The molecule has 0 bridgehead atoms. The summed E-state index contributed by atoms with van der Waals surface area (Å²) in [6.07, 6.45) is 3.59. The van der Waals surface area contributed by atoms with Gasteiger partial charge >= 0.3 is 0 Å². The summed E-state index contributed by atoms with van der Waals surface area (Å²) < 4.78 is 1.82. The molecule has 0 radical (unpaired) electrons. The number of rotatable bonds is 0. The number of aromatic nitrogens is 4. The maximum absolute atomic E-state index is 4.34. The van der Waals surface area contributed by atoms with Crippen molar-refractivity contribution in [3.8, 4) is 0 Å². The van der Waals surface area contributed by atoms with Crippen LogP contribution in [0.3, 0.4) is 0 Å². The minimum Gasteiger partial charge on any atom is -0.278 e. The zero-order chi connectivity index (χ0) is 8.77. The van der Waals surface area contributed by atoms with Crippen LogP contribution >= 0.6 is 0 Å². The quantitative estimate of drug-likeness (QED) is 0.639. The monoisotopic (exact) mass is 164 g/mol. The van der Waals surface area contributed by atoms with Gasteiger partial charge < -0.3 is 0 Å². The average molecular weight is 164 g/mol. The Balaban J connectivity index is 2.59. The Bertz CT molecular complexity index is 362. The third-order valence-electron chi connectivity index (χ3n) is 1.77. The zero-order valence-electron chi connectivity index (χ0n) is 7.50. The van der Waals surface area contributed by atoms with Crippen molar-refractivity contribution in [3.63, 3.8) is 0 Å². The fourth-order valence-electron chi connectivity index (χ4n) is 1.04. The van der Waals surface area contributed by atoms with E-state index < -0.39 is 0 Å². The van der Waals surface area contributed by atoms with Crippen LogP contribution in [0.25, 0.3) is 5.78 Å². The molecule has 4 nitrogen and oxygen atoms in total. The summed E-state index contributed by atoms with van der Waals surface area (Å²) >= 11 is 0. The van der Waals surface area contributed by atoms with Crippen LogP contribution in [0.15, 0.2) is 12.4 Å². The fraction of sp³-hybridized carbons (Fsp3) is 0.500. The van der Waals surface area contributed by atoms with Gasteiger partial charge in [-0.3, -0.25) is 5.10 Å². The molecule has 0 aliphatic rings. The zero-order valence-corrected chi connectivity index (χ0v) is 7.50. The molecule has 2 rings (SSSR count). The van der Waals surface area contributed by atoms with E-state index in [1.54, 1.807) is 6.20 Å². The van der Waals surface area contributed by atoms with Gasteiger partial charge in [0.15, 0.2) is 0 Å². The van der Waals surface area contributed by atoms with Crippen LogP contribution in [-0.4, -0.2) is 19.6 Å². The van der Waals surface area contributed by atoms with Crippen LogP contribution in [0.2, 0.25) is 0 Å². The molecule has 0 aliphatic heterocycles. The lowest BCUT2D eigenvalue weighted by Gasteiger charge is -2.12. The number of hydrogen-bond donors (Lipinski definition) is 1. The first kappa shape index (κ1) is 7.34. The average Bonchev–Trinajstić information content (AvgIpc) is 2.37. The highest BCUT2D eigenvalue weighted by atomic mass is 15.3. The van der Waals surface area contributed by atoms with Crippen molar-refractivity contribution in [2.24, 2.45) is 0 Å². The van der Waals surface area contributed by atoms with Crippen LogP contribution in [0.5, 0.6) is 0 Å². The van der Waals surface area contributed by atoms with Crippen molar-refractivity contribution < 1.29 is 0 Å². The predicted molar refractivity (Wildman–Crippen MR) is 46.0 cm³/mol. The van der Waals surface area contributed by atoms with Gasteiger partial charge in [0.05, 0.1) is 0 Å². The smallest absolute Gasteiger partial charge is 0.250 e. The van der Waals surface area contributed by atoms with E-state index in [9.17, 15) is 0 Å². The van der Waals surface area contributed by atoms with Crippen molar-refractivity contribution in [1.29, 1.82) is 0 Å². The lowest BCUT2D eigenvalue weighted by atomic mass is 9.96. The topological polar surface area (TPSA) is 46.0 Å². The fourth-order valence-corrected chi connectivity index (χ4v) is 1.04. The summed E-state index contributed by atoms with van der Waals surface area (Å²) in [7, 11) is 0. The summed E-state index contributed by atoms with van der Waals surface area (Å²) in [5.74, 6) is 1.70. The Kier molecular flexibility index (Phi) is 1.28. The van der Waals surface area contributed by atoms with Crippen LogP contribution in [0.1, 0.15) is 26.6 Å². The molecule has 0 saturated carbocycles. The van der Waals surface area contributed by atoms with Gasteiger partial charge in [0.2, 0.25) is 0 Å². The van der Waals surface area contributed by atoms with E-state index in [0.29, 0.717) is 0 Å². The molecule has 0 fully saturated rings. The summed E-state index contributed by atoms with van der Waals surface area (Å²) in [5.41, 5.74) is 0.0563. The van der Waals surface area contributed by atoms with Crippen LogP contribution in [0.4, 0.5) is 0 Å². The van der Waals surface area contributed by atoms with Crippen LogP contribution in [-0.2, 0) is 5.41 Å². The summed E-state index contributed by atoms with van der Waals surface area (Å²) in [4.78, 5) is 8.41. The van der Waals surface area contributed by atoms with E-state index in [-0.39, 0.29) is 5.41 Å². The largest absolute Gasteiger partial charge is 0.278 e. The van der Waals surface area contributed by atoms with Gasteiger partial charge in [-0.2, -0.15) is 4.98 Å². The Morgan fingerprint density at radius 1 is 1.42 bits per heavy atom. The molecule has 0 spiro atoms. The number of fused-ring (bicyclic) bond motifs is 1. The molecular weight excluding hydrogens is 152 g/mol. The number of hydrogen-bond acceptors (Lipinski definition) is 2. The molecule has 0 aromatic carbocycles. The molecule has 64 valence electrons. The highest BCUT2D eigenvalue weighted by Gasteiger charge is 2.18. The molecule has 2 aromatic rings. The molecule has 2 heterocycles. The molecule has 2 aromatic heterocycles. The Hall–Kier alpha value is -1.32. The molecule has 4 heteroatoms. The summed E-state index contributed by atoms with van der Waals surface area (Å²) in [5, 5.41) is 3.16. The maximum atomic E-state index is 4.34. The molecular formula is C8H12N4. The molecule has 1 N–H and O–H groups in total. The molecule has 0 unspecified atom stereocenters. The van der Waals surface area contributed by atoms with Crippen molar-refractivity contribution >= 4 is 5.78 Å². The highest BCUT2D eigenvalue weighted by molar-refractivity contribution is 5.27. The number of H-pyrrole nitrogens is 1. The van der Waals surface area contributed by atoms with E-state index in [2.05, 4.69) is 35.8 Å². The predicted octanol–water partition coefficient (Wildman–Crippen LogP) is 1.35. The van der Waals surface area contributed by atoms with Gasteiger partial charge in [-0.25, -0.2) is 9.50 Å². The summed E-state index contributed by atoms with van der Waals surface area (Å²) in [6, 6.07) is 0. The molecule has 0 amide bonds. The SMILES string of the molecule is CC(C)(C)c1nc2nccn2[nH]1. The van der Waals surface area contributed by atoms with Gasteiger partial charge in [0.25, 0.3) is 5.78 Å². The van der Waals surface area contributed by atoms with Crippen LogP contribution in [0, 0.1) is 0 Å². The first-order chi connectivity index (χ1) is 5.57. The number of nitrogens with one attached hydrogen (secondary N) is 1. The second kappa shape index (κ2) is 2.09. The van der Waals surface area contributed by atoms with Gasteiger partial charge in [-0.15, -0.1) is 0 Å². The molecule has 0 aliphatic carbocycles. The van der Waals surface area contributed by atoms with E-state index in [1.165, 1.54) is 0 Å². The Labute approximate surface area is 70.6 Å². The molecule has 12 heavy (non-hydrogen) atoms. The molecule has 0 atom stereocenters. The van der Waals surface area contributed by atoms with Gasteiger partial charge in [-0.1, -0.05) is 20.8 Å². The normalized spacial score (nSPS) is 12.6. The number of aromatic amines is 1. The minimum atomic E-state index is 0.0563. The van der Waals surface area contributed by atoms with Gasteiger partial charge in [0, 0.05) is 17.8 Å². The third kappa shape index (κ3) is 0.995. The van der Waals surface area contributed by atoms with Crippen molar-refractivity contribution in [2.45, 2.75) is 26.2 Å². The van der Waals surface area contributed by atoms with E-state index in [0.717, 1.165) is 11.6 Å². The van der Waals surface area contributed by atoms with Gasteiger partial charge in [0.1, 0.15) is 5.82 Å². The Morgan fingerprint density at radius 2 is 2.17 bits per heavy atom. The lowest BCUT2D eigenvalue weighted by molar-refractivity contribution is 0.545. The maximum Gasteiger partial charge on any atom is 0.250 e. The van der Waals surface area contributed by atoms with Gasteiger partial charge in [-0.05, 0) is 0 Å². The van der Waals surface area contributed by atoms with E-state index in [1.807, 2.05) is 10.7 Å². The minimum absolute atomic E-state index is 0.0563. The highest BCUT2D eigenvalue weighted by Crippen LogP contribution is 2.17. The van der Waals surface area contributed by atoms with Crippen LogP contribution < -0.4 is 0 Å². The van der Waals surface area contributed by atoms with Crippen molar-refractivity contribution in [1.82, 2.24) is 19.6 Å². The summed E-state index contributed by atoms with van der Waals surface area (Å²) in [6.45, 7) is 6.35. The molecule has 0 saturated heterocycles.